The van der Waals surface area contributed by atoms with Crippen LogP contribution in [-0.2, 0) is 13.6 Å². The Hall–Kier alpha value is -2.41. The molecule has 2 N–H and O–H groups in total. The molecule has 0 atom stereocenters. The van der Waals surface area contributed by atoms with Crippen molar-refractivity contribution in [2.75, 3.05) is 6.61 Å². The molecule has 0 saturated carbocycles. The van der Waals surface area contributed by atoms with Crippen molar-refractivity contribution >= 4 is 16.9 Å². The van der Waals surface area contributed by atoms with Crippen LogP contribution in [0.5, 0.6) is 0 Å². The minimum absolute atomic E-state index is 0.0289. The van der Waals surface area contributed by atoms with Gasteiger partial charge >= 0.3 is 11.7 Å². The van der Waals surface area contributed by atoms with Gasteiger partial charge in [0, 0.05) is 7.05 Å². The van der Waals surface area contributed by atoms with Crippen molar-refractivity contribution in [1.29, 1.82) is 0 Å². The highest BCUT2D eigenvalue weighted by molar-refractivity contribution is 5.93. The molecule has 7 heteroatoms. The van der Waals surface area contributed by atoms with E-state index in [2.05, 4.69) is 0 Å². The van der Waals surface area contributed by atoms with Gasteiger partial charge in [-0.1, -0.05) is 0 Å². The number of aliphatic hydroxyl groups excluding tert-OH is 1. The third-order valence-electron chi connectivity index (χ3n) is 2.92. The van der Waals surface area contributed by atoms with Gasteiger partial charge in [0.05, 0.1) is 29.6 Å². The predicted molar refractivity (Wildman–Crippen MR) is 67.5 cm³/mol. The summed E-state index contributed by atoms with van der Waals surface area (Å²) >= 11 is 0. The summed E-state index contributed by atoms with van der Waals surface area (Å²) in [6, 6.07) is 3.98. The molecule has 0 saturated heterocycles. The molecule has 0 radical (unpaired) electrons. The number of aliphatic hydroxyl groups is 1. The molecular formula is C12H12N2O5. The zero-order valence-corrected chi connectivity index (χ0v) is 10.2. The number of hydrogen-bond donors (Lipinski definition) is 2. The Morgan fingerprint density at radius 3 is 2.58 bits per heavy atom. The van der Waals surface area contributed by atoms with Gasteiger partial charge in [-0.05, 0) is 18.2 Å². The van der Waals surface area contributed by atoms with E-state index < -0.39 is 17.2 Å². The molecule has 0 unspecified atom stereocenters. The van der Waals surface area contributed by atoms with Crippen LogP contribution in [0, 0.1) is 0 Å². The number of aryl methyl sites for hydroxylation is 1. The molecule has 0 bridgehead atoms. The number of fused-ring (bicyclic) bond motifs is 1. The fourth-order valence-corrected chi connectivity index (χ4v) is 1.95. The van der Waals surface area contributed by atoms with Crippen LogP contribution in [-0.4, -0.2) is 31.9 Å². The van der Waals surface area contributed by atoms with Crippen molar-refractivity contribution in [2.24, 2.45) is 7.05 Å². The summed E-state index contributed by atoms with van der Waals surface area (Å²) in [7, 11) is 1.48. The SMILES string of the molecule is Cn1c(=O)n(CCO)c(=O)c2cc(C(=O)O)ccc21. The lowest BCUT2D eigenvalue weighted by Gasteiger charge is -2.09. The van der Waals surface area contributed by atoms with Gasteiger partial charge in [-0.3, -0.25) is 13.9 Å². The number of carboxylic acid groups (broad SMARTS) is 1. The molecule has 0 aliphatic rings. The zero-order chi connectivity index (χ0) is 14.2. The first kappa shape index (κ1) is 13.0. The summed E-state index contributed by atoms with van der Waals surface area (Å²) in [6.07, 6.45) is 0. The summed E-state index contributed by atoms with van der Waals surface area (Å²) in [5.74, 6) is -1.15. The number of carboxylic acids is 1. The minimum Gasteiger partial charge on any atom is -0.478 e. The van der Waals surface area contributed by atoms with Crippen molar-refractivity contribution in [3.05, 3.63) is 44.6 Å². The predicted octanol–water partition coefficient (Wildman–Crippen LogP) is -0.609. The van der Waals surface area contributed by atoms with E-state index in [0.717, 1.165) is 4.57 Å². The van der Waals surface area contributed by atoms with Crippen LogP contribution in [0.4, 0.5) is 0 Å². The smallest absolute Gasteiger partial charge is 0.335 e. The van der Waals surface area contributed by atoms with Gasteiger partial charge in [0.1, 0.15) is 0 Å². The van der Waals surface area contributed by atoms with Crippen LogP contribution in [0.1, 0.15) is 10.4 Å². The van der Waals surface area contributed by atoms with E-state index in [4.69, 9.17) is 10.2 Å². The quantitative estimate of drug-likeness (QED) is 0.770. The second kappa shape index (κ2) is 4.69. The molecule has 1 aromatic heterocycles. The monoisotopic (exact) mass is 264 g/mol. The zero-order valence-electron chi connectivity index (χ0n) is 10.2. The number of nitrogens with zero attached hydrogens (tertiary/aromatic N) is 2. The first-order valence-electron chi connectivity index (χ1n) is 5.55. The third-order valence-corrected chi connectivity index (χ3v) is 2.92. The van der Waals surface area contributed by atoms with Gasteiger partial charge in [-0.25, -0.2) is 9.59 Å². The molecule has 0 aliphatic carbocycles. The van der Waals surface area contributed by atoms with E-state index in [1.807, 2.05) is 0 Å². The fourth-order valence-electron chi connectivity index (χ4n) is 1.95. The molecular weight excluding hydrogens is 252 g/mol. The van der Waals surface area contributed by atoms with Crippen molar-refractivity contribution < 1.29 is 15.0 Å². The van der Waals surface area contributed by atoms with Crippen LogP contribution in [0.25, 0.3) is 10.9 Å². The van der Waals surface area contributed by atoms with Crippen molar-refractivity contribution in [1.82, 2.24) is 9.13 Å². The molecule has 0 fully saturated rings. The lowest BCUT2D eigenvalue weighted by atomic mass is 10.1. The lowest BCUT2D eigenvalue weighted by Crippen LogP contribution is -2.39. The van der Waals surface area contributed by atoms with E-state index >= 15 is 0 Å². The topological polar surface area (TPSA) is 102 Å². The maximum Gasteiger partial charge on any atom is 0.335 e. The van der Waals surface area contributed by atoms with Crippen molar-refractivity contribution in [2.45, 2.75) is 6.54 Å². The van der Waals surface area contributed by atoms with Crippen LogP contribution in [0.3, 0.4) is 0 Å². The summed E-state index contributed by atoms with van der Waals surface area (Å²) in [6.45, 7) is -0.474. The molecule has 2 aromatic rings. The number of rotatable bonds is 3. The van der Waals surface area contributed by atoms with Crippen LogP contribution in [0.2, 0.25) is 0 Å². The molecule has 2 rings (SSSR count). The maximum atomic E-state index is 12.1. The Balaban J connectivity index is 2.91. The molecule has 7 nitrogen and oxygen atoms in total. The largest absolute Gasteiger partial charge is 0.478 e. The highest BCUT2D eigenvalue weighted by Gasteiger charge is 2.12. The molecule has 1 heterocycles. The number of aromatic nitrogens is 2. The van der Waals surface area contributed by atoms with Crippen molar-refractivity contribution in [3.8, 4) is 0 Å². The second-order valence-corrected chi connectivity index (χ2v) is 4.06. The first-order chi connectivity index (χ1) is 8.97. The Morgan fingerprint density at radius 1 is 1.32 bits per heavy atom. The Bertz CT molecular complexity index is 772. The third kappa shape index (κ3) is 2.04. The summed E-state index contributed by atoms with van der Waals surface area (Å²) in [5.41, 5.74) is -0.821. The van der Waals surface area contributed by atoms with Crippen LogP contribution < -0.4 is 11.2 Å². The van der Waals surface area contributed by atoms with E-state index in [9.17, 15) is 14.4 Å². The minimum atomic E-state index is -1.15. The van der Waals surface area contributed by atoms with Crippen LogP contribution in [0.15, 0.2) is 27.8 Å². The van der Waals surface area contributed by atoms with Gasteiger partial charge in [-0.2, -0.15) is 0 Å². The number of aromatic carboxylic acids is 1. The number of carbonyl (C=O) groups is 1. The molecule has 1 aromatic carbocycles. The molecule has 0 aliphatic heterocycles. The molecule has 19 heavy (non-hydrogen) atoms. The molecule has 0 amide bonds. The average molecular weight is 264 g/mol. The van der Waals surface area contributed by atoms with Gasteiger partial charge in [-0.15, -0.1) is 0 Å². The summed E-state index contributed by atoms with van der Waals surface area (Å²) < 4.78 is 2.13. The Kier molecular flexibility index (Phi) is 3.22. The average Bonchev–Trinajstić information content (AvgIpc) is 2.40. The highest BCUT2D eigenvalue weighted by Crippen LogP contribution is 2.10. The van der Waals surface area contributed by atoms with E-state index in [0.29, 0.717) is 5.52 Å². The Morgan fingerprint density at radius 2 is 2.00 bits per heavy atom. The van der Waals surface area contributed by atoms with E-state index in [1.165, 1.54) is 29.8 Å². The normalized spacial score (nSPS) is 10.8. The van der Waals surface area contributed by atoms with Gasteiger partial charge in [0.25, 0.3) is 5.56 Å². The molecule has 100 valence electrons. The second-order valence-electron chi connectivity index (χ2n) is 4.06. The number of hydrogen-bond acceptors (Lipinski definition) is 4. The first-order valence-corrected chi connectivity index (χ1v) is 5.55. The van der Waals surface area contributed by atoms with Crippen LogP contribution >= 0.6 is 0 Å². The fraction of sp³-hybridized carbons (Fsp3) is 0.250. The maximum absolute atomic E-state index is 12.1. The highest BCUT2D eigenvalue weighted by atomic mass is 16.4. The van der Waals surface area contributed by atoms with E-state index in [-0.39, 0.29) is 24.1 Å². The summed E-state index contributed by atoms with van der Waals surface area (Å²) in [5, 5.41) is 17.9. The van der Waals surface area contributed by atoms with Crippen molar-refractivity contribution in [3.63, 3.8) is 0 Å². The number of benzene rings is 1. The standard InChI is InChI=1S/C12H12N2O5/c1-13-9-3-2-7(11(17)18)6-8(9)10(16)14(4-5-15)12(13)19/h2-3,6,15H,4-5H2,1H3,(H,17,18). The van der Waals surface area contributed by atoms with Gasteiger partial charge in [0.15, 0.2) is 0 Å². The van der Waals surface area contributed by atoms with Gasteiger partial charge < -0.3 is 10.2 Å². The van der Waals surface area contributed by atoms with Gasteiger partial charge in [0.2, 0.25) is 0 Å². The molecule has 0 spiro atoms. The summed E-state index contributed by atoms with van der Waals surface area (Å²) in [4.78, 5) is 34.9. The lowest BCUT2D eigenvalue weighted by molar-refractivity contribution is 0.0697. The Labute approximate surface area is 107 Å². The van der Waals surface area contributed by atoms with E-state index in [1.54, 1.807) is 0 Å².